The molecule has 1 N–H and O–H groups in total. The molecule has 7 rings (SSSR count). The Hall–Kier alpha value is -3.29. The largest absolute Gasteiger partial charge is 0.393 e. The average Bonchev–Trinajstić information content (AvgIpc) is 3.62. The molecule has 50 heavy (non-hydrogen) atoms. The van der Waals surface area contributed by atoms with Gasteiger partial charge >= 0.3 is 6.18 Å². The van der Waals surface area contributed by atoms with Crippen LogP contribution in [-0.2, 0) is 29.5 Å². The van der Waals surface area contributed by atoms with E-state index in [1.165, 1.54) is 11.9 Å². The summed E-state index contributed by atoms with van der Waals surface area (Å²) in [4.78, 5) is 14.1. The monoisotopic (exact) mass is 728 g/mol. The molecule has 1 saturated carbocycles. The predicted octanol–water partition coefficient (Wildman–Crippen LogP) is 5.90. The van der Waals surface area contributed by atoms with Crippen LogP contribution in [0.25, 0.3) is 21.1 Å². The smallest absolute Gasteiger partial charge is 0.367 e. The van der Waals surface area contributed by atoms with Gasteiger partial charge in [0.1, 0.15) is 28.7 Å². The summed E-state index contributed by atoms with van der Waals surface area (Å²) >= 11 is 1.06. The molecule has 3 aromatic heterocycles. The summed E-state index contributed by atoms with van der Waals surface area (Å²) in [5.41, 5.74) is 4.04. The van der Waals surface area contributed by atoms with E-state index in [4.69, 9.17) is 0 Å². The number of halogens is 3. The van der Waals surface area contributed by atoms with Crippen molar-refractivity contribution in [2.24, 2.45) is 0 Å². The summed E-state index contributed by atoms with van der Waals surface area (Å²) in [6.45, 7) is 9.84. The molecule has 4 aromatic rings. The lowest BCUT2D eigenvalue weighted by Crippen LogP contribution is -2.54. The number of nitrogens with zero attached hydrogens (tertiary/aromatic N) is 7. The van der Waals surface area contributed by atoms with E-state index in [1.807, 2.05) is 6.07 Å². The van der Waals surface area contributed by atoms with Crippen LogP contribution in [0.1, 0.15) is 60.7 Å². The SMILES string of the molecule is Cc1c(CN2CCC(Nc3ncnc4sc(CC(F)(F)F)cc34)CC2)ccc2c1cc(C#N)n2C[C@H](C)N1CCN(S(=O)(=O)C2CCC2)CC1. The van der Waals surface area contributed by atoms with Gasteiger partial charge in [0.15, 0.2) is 0 Å². The number of hydrogen-bond donors (Lipinski definition) is 1. The van der Waals surface area contributed by atoms with Gasteiger partial charge in [-0.05, 0) is 68.9 Å². The Labute approximate surface area is 294 Å². The number of alkyl halides is 3. The molecule has 0 spiro atoms. The van der Waals surface area contributed by atoms with Crippen LogP contribution in [0.15, 0.2) is 30.6 Å². The van der Waals surface area contributed by atoms with Crippen molar-refractivity contribution in [2.45, 2.75) is 89.0 Å². The number of anilines is 1. The van der Waals surface area contributed by atoms with Gasteiger partial charge in [-0.15, -0.1) is 11.3 Å². The lowest BCUT2D eigenvalue weighted by molar-refractivity contribution is -0.126. The average molecular weight is 729 g/mol. The Morgan fingerprint density at radius 3 is 2.44 bits per heavy atom. The highest BCUT2D eigenvalue weighted by Gasteiger charge is 2.38. The van der Waals surface area contributed by atoms with Gasteiger partial charge in [0, 0.05) is 80.2 Å². The molecule has 3 aliphatic rings. The first-order valence-electron chi connectivity index (χ1n) is 17.4. The van der Waals surface area contributed by atoms with Crippen LogP contribution in [0.5, 0.6) is 0 Å². The first kappa shape index (κ1) is 35.1. The maximum atomic E-state index is 13.0. The van der Waals surface area contributed by atoms with Crippen LogP contribution in [-0.4, -0.2) is 99.8 Å². The van der Waals surface area contributed by atoms with Gasteiger partial charge in [0.05, 0.1) is 17.1 Å². The van der Waals surface area contributed by atoms with Gasteiger partial charge < -0.3 is 9.88 Å². The molecular formula is C35H43F3N8O2S2. The number of nitrogens with one attached hydrogen (secondary N) is 1. The zero-order valence-electron chi connectivity index (χ0n) is 28.4. The highest BCUT2D eigenvalue weighted by atomic mass is 32.2. The summed E-state index contributed by atoms with van der Waals surface area (Å²) in [5, 5.41) is 15.1. The Kier molecular flexibility index (Phi) is 9.85. The van der Waals surface area contributed by atoms with Gasteiger partial charge in [0.25, 0.3) is 0 Å². The van der Waals surface area contributed by atoms with E-state index in [0.717, 1.165) is 79.5 Å². The van der Waals surface area contributed by atoms with Crippen molar-refractivity contribution in [1.29, 1.82) is 5.26 Å². The fraction of sp³-hybridized carbons (Fsp3) is 0.571. The molecular weight excluding hydrogens is 686 g/mol. The molecule has 268 valence electrons. The van der Waals surface area contributed by atoms with E-state index in [9.17, 15) is 26.9 Å². The van der Waals surface area contributed by atoms with E-state index in [-0.39, 0.29) is 22.2 Å². The molecule has 1 aromatic carbocycles. The fourth-order valence-electron chi connectivity index (χ4n) is 7.61. The number of piperazine rings is 1. The topological polar surface area (TPSA) is 110 Å². The second kappa shape index (κ2) is 14.0. The van der Waals surface area contributed by atoms with Gasteiger partial charge in [-0.2, -0.15) is 22.7 Å². The number of nitriles is 1. The van der Waals surface area contributed by atoms with Crippen LogP contribution < -0.4 is 5.32 Å². The number of fused-ring (bicyclic) bond motifs is 2. The van der Waals surface area contributed by atoms with Crippen molar-refractivity contribution in [3.63, 3.8) is 0 Å². The zero-order valence-corrected chi connectivity index (χ0v) is 30.0. The van der Waals surface area contributed by atoms with Gasteiger partial charge in [-0.25, -0.2) is 18.4 Å². The summed E-state index contributed by atoms with van der Waals surface area (Å²) in [6, 6.07) is 10.5. The second-order valence-corrected chi connectivity index (χ2v) is 17.4. The Morgan fingerprint density at radius 1 is 1.04 bits per heavy atom. The van der Waals surface area contributed by atoms with Crippen molar-refractivity contribution in [2.75, 3.05) is 44.6 Å². The molecule has 2 saturated heterocycles. The van der Waals surface area contributed by atoms with E-state index >= 15 is 0 Å². The molecule has 3 fully saturated rings. The minimum Gasteiger partial charge on any atom is -0.367 e. The summed E-state index contributed by atoms with van der Waals surface area (Å²) < 4.78 is 68.5. The number of aromatic nitrogens is 3. The number of likely N-dealkylation sites (tertiary alicyclic amines) is 1. The van der Waals surface area contributed by atoms with Crippen LogP contribution in [0.3, 0.4) is 0 Å². The molecule has 1 aliphatic carbocycles. The summed E-state index contributed by atoms with van der Waals surface area (Å²) in [6.07, 6.45) is 0.480. The van der Waals surface area contributed by atoms with Crippen molar-refractivity contribution < 1.29 is 21.6 Å². The highest BCUT2D eigenvalue weighted by Crippen LogP contribution is 2.34. The van der Waals surface area contributed by atoms with E-state index in [0.29, 0.717) is 54.5 Å². The third-order valence-electron chi connectivity index (χ3n) is 10.8. The summed E-state index contributed by atoms with van der Waals surface area (Å²) in [7, 11) is -3.19. The molecule has 5 heterocycles. The molecule has 0 amide bonds. The first-order valence-corrected chi connectivity index (χ1v) is 19.8. The van der Waals surface area contributed by atoms with Crippen molar-refractivity contribution in [3.05, 3.63) is 52.3 Å². The third-order valence-corrected chi connectivity index (χ3v) is 14.3. The molecule has 10 nitrogen and oxygen atoms in total. The molecule has 0 radical (unpaired) electrons. The Morgan fingerprint density at radius 2 is 1.78 bits per heavy atom. The van der Waals surface area contributed by atoms with Crippen LogP contribution in [0, 0.1) is 18.3 Å². The second-order valence-electron chi connectivity index (χ2n) is 14.1. The van der Waals surface area contributed by atoms with Crippen molar-refractivity contribution in [1.82, 2.24) is 28.6 Å². The van der Waals surface area contributed by atoms with Crippen LogP contribution >= 0.6 is 11.3 Å². The van der Waals surface area contributed by atoms with Gasteiger partial charge in [-0.3, -0.25) is 9.80 Å². The number of piperidine rings is 1. The molecule has 1 atom stereocenters. The fourth-order valence-corrected chi connectivity index (χ4v) is 10.7. The lowest BCUT2D eigenvalue weighted by atomic mass is 10.0. The zero-order chi connectivity index (χ0) is 35.2. The van der Waals surface area contributed by atoms with Crippen LogP contribution in [0.4, 0.5) is 19.0 Å². The quantitative estimate of drug-likeness (QED) is 0.215. The number of rotatable bonds is 10. The Bertz CT molecular complexity index is 2000. The lowest BCUT2D eigenvalue weighted by Gasteiger charge is -2.40. The highest BCUT2D eigenvalue weighted by molar-refractivity contribution is 7.89. The maximum Gasteiger partial charge on any atom is 0.393 e. The van der Waals surface area contributed by atoms with Gasteiger partial charge in [0.2, 0.25) is 10.0 Å². The molecule has 0 unspecified atom stereocenters. The Balaban J connectivity index is 0.965. The molecule has 0 bridgehead atoms. The predicted molar refractivity (Wildman–Crippen MR) is 190 cm³/mol. The molecule has 15 heteroatoms. The number of benzene rings is 1. The van der Waals surface area contributed by atoms with E-state index in [1.54, 1.807) is 10.4 Å². The molecule has 2 aliphatic heterocycles. The van der Waals surface area contributed by atoms with Gasteiger partial charge in [-0.1, -0.05) is 12.5 Å². The number of thiophene rings is 1. The van der Waals surface area contributed by atoms with Crippen molar-refractivity contribution >= 4 is 48.3 Å². The van der Waals surface area contributed by atoms with E-state index in [2.05, 4.69) is 61.7 Å². The van der Waals surface area contributed by atoms with Crippen molar-refractivity contribution in [3.8, 4) is 6.07 Å². The number of aryl methyl sites for hydroxylation is 1. The number of sulfonamides is 1. The maximum absolute atomic E-state index is 13.0. The number of hydrogen-bond acceptors (Lipinski definition) is 9. The van der Waals surface area contributed by atoms with Crippen LogP contribution in [0.2, 0.25) is 0 Å². The standard InChI is InChI=1S/C35H43F3N8O2S2/c1-23(44-12-14-45(15-13-44)50(47,48)29-4-3-5-29)20-46-27(19-39)16-30-24(2)25(6-7-32(30)46)21-43-10-8-26(9-11-43)42-33-31-17-28(18-35(36,37)38)49-34(31)41-22-40-33/h6-7,16-17,22-23,26,29H,3-5,8-15,18,20-21H2,1-2H3,(H,40,41,42)/t23-/m0/s1. The third kappa shape index (κ3) is 7.23. The van der Waals surface area contributed by atoms with E-state index < -0.39 is 22.6 Å². The summed E-state index contributed by atoms with van der Waals surface area (Å²) in [5.74, 6) is 0.589. The minimum atomic E-state index is -4.27. The normalized spacial score (nSPS) is 19.9. The first-order chi connectivity index (χ1) is 23.9. The minimum absolute atomic E-state index is 0.140.